The number of hydrogen-bond acceptors (Lipinski definition) is 5. The van der Waals surface area contributed by atoms with Gasteiger partial charge in [0.15, 0.2) is 0 Å². The van der Waals surface area contributed by atoms with Crippen molar-refractivity contribution < 1.29 is 19.1 Å². The van der Waals surface area contributed by atoms with Gasteiger partial charge in [0.1, 0.15) is 17.8 Å². The van der Waals surface area contributed by atoms with Crippen molar-refractivity contribution in [2.45, 2.75) is 24.9 Å². The number of carbonyl (C=O) groups is 3. The number of amides is 3. The second-order valence-electron chi connectivity index (χ2n) is 6.48. The molecule has 0 aromatic heterocycles. The molecule has 3 N–H and O–H groups in total. The Balaban J connectivity index is 1.59. The van der Waals surface area contributed by atoms with Gasteiger partial charge in [0.05, 0.1) is 7.11 Å². The minimum Gasteiger partial charge on any atom is -0.497 e. The topological polar surface area (TPSA) is 99.8 Å². The van der Waals surface area contributed by atoms with E-state index in [0.29, 0.717) is 37.4 Å². The van der Waals surface area contributed by atoms with E-state index < -0.39 is 12.1 Å². The van der Waals surface area contributed by atoms with Crippen LogP contribution < -0.4 is 20.7 Å². The van der Waals surface area contributed by atoms with Crippen molar-refractivity contribution in [3.05, 3.63) is 29.8 Å². The van der Waals surface area contributed by atoms with Crippen LogP contribution in [0.25, 0.3) is 0 Å². The van der Waals surface area contributed by atoms with Crippen LogP contribution in [0, 0.1) is 0 Å². The van der Waals surface area contributed by atoms with E-state index in [1.807, 2.05) is 0 Å². The third-order valence-electron chi connectivity index (χ3n) is 4.72. The van der Waals surface area contributed by atoms with Gasteiger partial charge in [0.25, 0.3) is 5.91 Å². The molecule has 140 valence electrons. The first-order valence-corrected chi connectivity index (χ1v) is 8.83. The Morgan fingerprint density at radius 2 is 2.00 bits per heavy atom. The van der Waals surface area contributed by atoms with Crippen molar-refractivity contribution >= 4 is 17.7 Å². The second kappa shape index (κ2) is 8.18. The van der Waals surface area contributed by atoms with Crippen LogP contribution in [0.1, 0.15) is 23.2 Å². The molecular weight excluding hydrogens is 336 g/mol. The van der Waals surface area contributed by atoms with Gasteiger partial charge in [-0.1, -0.05) is 0 Å². The van der Waals surface area contributed by atoms with Gasteiger partial charge in [-0.3, -0.25) is 14.4 Å². The first-order valence-electron chi connectivity index (χ1n) is 8.83. The Morgan fingerprint density at radius 3 is 2.69 bits per heavy atom. The van der Waals surface area contributed by atoms with Crippen molar-refractivity contribution in [1.29, 1.82) is 0 Å². The number of nitrogens with one attached hydrogen (secondary N) is 3. The van der Waals surface area contributed by atoms with Crippen LogP contribution in [-0.4, -0.2) is 68.0 Å². The monoisotopic (exact) mass is 360 g/mol. The van der Waals surface area contributed by atoms with Gasteiger partial charge in [0, 0.05) is 31.7 Å². The average molecular weight is 360 g/mol. The number of piperazine rings is 1. The number of rotatable bonds is 4. The van der Waals surface area contributed by atoms with E-state index in [9.17, 15) is 14.4 Å². The number of methoxy groups -OCH3 is 1. The molecule has 0 saturated carbocycles. The number of hydrogen-bond donors (Lipinski definition) is 3. The molecule has 3 amide bonds. The maximum absolute atomic E-state index is 12.7. The Morgan fingerprint density at radius 1 is 1.23 bits per heavy atom. The van der Waals surface area contributed by atoms with Crippen LogP contribution in [0.15, 0.2) is 24.3 Å². The first kappa shape index (κ1) is 18.2. The highest BCUT2D eigenvalue weighted by atomic mass is 16.5. The molecule has 1 aromatic rings. The number of carbonyl (C=O) groups excluding carboxylic acids is 3. The van der Waals surface area contributed by atoms with Crippen LogP contribution >= 0.6 is 0 Å². The SMILES string of the molecule is COc1ccc(C(=O)N2CCN[C@@H](C(=O)N[C@H]3CCCNC3=O)C2)cc1. The van der Waals surface area contributed by atoms with Crippen LogP contribution in [-0.2, 0) is 9.59 Å². The third-order valence-corrected chi connectivity index (χ3v) is 4.72. The zero-order valence-corrected chi connectivity index (χ0v) is 14.8. The molecule has 2 saturated heterocycles. The quantitative estimate of drug-likeness (QED) is 0.673. The molecule has 0 radical (unpaired) electrons. The van der Waals surface area contributed by atoms with Crippen molar-refractivity contribution in [2.75, 3.05) is 33.3 Å². The lowest BCUT2D eigenvalue weighted by Gasteiger charge is -2.34. The van der Waals surface area contributed by atoms with Crippen molar-refractivity contribution in [1.82, 2.24) is 20.9 Å². The number of piperidine rings is 1. The van der Waals surface area contributed by atoms with Gasteiger partial charge in [-0.05, 0) is 37.1 Å². The molecule has 0 bridgehead atoms. The lowest BCUT2D eigenvalue weighted by atomic mass is 10.1. The van der Waals surface area contributed by atoms with Crippen LogP contribution in [0.4, 0.5) is 0 Å². The molecule has 1 aromatic carbocycles. The van der Waals surface area contributed by atoms with E-state index in [1.54, 1.807) is 36.3 Å². The standard InChI is InChI=1S/C18H24N4O4/c1-26-13-6-4-12(5-7-13)18(25)22-10-9-19-15(11-22)17(24)21-14-3-2-8-20-16(14)23/h4-7,14-15,19H,2-3,8-11H2,1H3,(H,20,23)(H,21,24)/t14-,15+/m0/s1. The molecule has 0 spiro atoms. The lowest BCUT2D eigenvalue weighted by Crippen LogP contribution is -2.61. The third kappa shape index (κ3) is 4.13. The summed E-state index contributed by atoms with van der Waals surface area (Å²) in [6, 6.07) is 5.88. The fraction of sp³-hybridized carbons (Fsp3) is 0.500. The summed E-state index contributed by atoms with van der Waals surface area (Å²) in [4.78, 5) is 38.6. The molecule has 0 unspecified atom stereocenters. The molecule has 2 fully saturated rings. The fourth-order valence-electron chi connectivity index (χ4n) is 3.21. The summed E-state index contributed by atoms with van der Waals surface area (Å²) in [5, 5.41) is 8.65. The molecule has 0 aliphatic carbocycles. The summed E-state index contributed by atoms with van der Waals surface area (Å²) < 4.78 is 5.10. The van der Waals surface area contributed by atoms with Crippen LogP contribution in [0.5, 0.6) is 5.75 Å². The summed E-state index contributed by atoms with van der Waals surface area (Å²) in [5.74, 6) is 0.165. The lowest BCUT2D eigenvalue weighted by molar-refractivity contribution is -0.131. The van der Waals surface area contributed by atoms with E-state index >= 15 is 0 Å². The van der Waals surface area contributed by atoms with Crippen molar-refractivity contribution in [2.24, 2.45) is 0 Å². The van der Waals surface area contributed by atoms with Crippen molar-refractivity contribution in [3.8, 4) is 5.75 Å². The number of nitrogens with zero attached hydrogens (tertiary/aromatic N) is 1. The highest BCUT2D eigenvalue weighted by Gasteiger charge is 2.31. The molecule has 8 heteroatoms. The molecule has 26 heavy (non-hydrogen) atoms. The summed E-state index contributed by atoms with van der Waals surface area (Å²) >= 11 is 0. The molecule has 2 heterocycles. The minimum absolute atomic E-state index is 0.123. The molecule has 8 nitrogen and oxygen atoms in total. The normalized spacial score (nSPS) is 23.1. The highest BCUT2D eigenvalue weighted by molar-refractivity contribution is 5.95. The zero-order valence-electron chi connectivity index (χ0n) is 14.8. The van der Waals surface area contributed by atoms with E-state index in [-0.39, 0.29) is 24.3 Å². The van der Waals surface area contributed by atoms with Gasteiger partial charge in [-0.25, -0.2) is 0 Å². The molecule has 3 rings (SSSR count). The summed E-state index contributed by atoms with van der Waals surface area (Å²) in [6.07, 6.45) is 1.48. The van der Waals surface area contributed by atoms with Crippen LogP contribution in [0.2, 0.25) is 0 Å². The number of benzene rings is 1. The molecule has 2 aliphatic rings. The summed E-state index contributed by atoms with van der Waals surface area (Å²) in [7, 11) is 1.57. The molecular formula is C18H24N4O4. The van der Waals surface area contributed by atoms with Gasteiger partial charge in [-0.2, -0.15) is 0 Å². The second-order valence-corrected chi connectivity index (χ2v) is 6.48. The summed E-state index contributed by atoms with van der Waals surface area (Å²) in [6.45, 7) is 1.97. The van der Waals surface area contributed by atoms with E-state index in [2.05, 4.69) is 16.0 Å². The average Bonchev–Trinajstić information content (AvgIpc) is 2.69. The number of ether oxygens (including phenoxy) is 1. The maximum Gasteiger partial charge on any atom is 0.253 e. The van der Waals surface area contributed by atoms with Gasteiger partial charge in [-0.15, -0.1) is 0 Å². The first-order chi connectivity index (χ1) is 12.6. The zero-order chi connectivity index (χ0) is 18.5. The fourth-order valence-corrected chi connectivity index (χ4v) is 3.21. The molecule has 2 atom stereocenters. The van der Waals surface area contributed by atoms with E-state index in [4.69, 9.17) is 4.74 Å². The largest absolute Gasteiger partial charge is 0.497 e. The van der Waals surface area contributed by atoms with Crippen LogP contribution in [0.3, 0.4) is 0 Å². The highest BCUT2D eigenvalue weighted by Crippen LogP contribution is 2.14. The van der Waals surface area contributed by atoms with Gasteiger partial charge >= 0.3 is 0 Å². The maximum atomic E-state index is 12.7. The Kier molecular flexibility index (Phi) is 5.72. The van der Waals surface area contributed by atoms with E-state index in [0.717, 1.165) is 6.42 Å². The smallest absolute Gasteiger partial charge is 0.253 e. The Bertz CT molecular complexity index is 676. The van der Waals surface area contributed by atoms with Crippen molar-refractivity contribution in [3.63, 3.8) is 0 Å². The Hall–Kier alpha value is -2.61. The Labute approximate surface area is 152 Å². The molecule has 2 aliphatic heterocycles. The summed E-state index contributed by atoms with van der Waals surface area (Å²) in [5.41, 5.74) is 0.554. The van der Waals surface area contributed by atoms with Gasteiger partial charge < -0.3 is 25.6 Å². The predicted octanol–water partition coefficient (Wildman–Crippen LogP) is -0.496. The van der Waals surface area contributed by atoms with E-state index in [1.165, 1.54) is 0 Å². The predicted molar refractivity (Wildman–Crippen MR) is 94.9 cm³/mol. The van der Waals surface area contributed by atoms with Gasteiger partial charge in [0.2, 0.25) is 11.8 Å². The minimum atomic E-state index is -0.527.